The maximum Gasteiger partial charge on any atom is 0.557 e. The van der Waals surface area contributed by atoms with E-state index in [2.05, 4.69) is 20.4 Å². The van der Waals surface area contributed by atoms with Gasteiger partial charge in [0.15, 0.2) is 9.76 Å². The molecule has 0 aliphatic heterocycles. The van der Waals surface area contributed by atoms with Crippen LogP contribution in [-0.2, 0) is 17.8 Å². The number of hydrogen-bond acceptors (Lipinski definition) is 4. The van der Waals surface area contributed by atoms with Gasteiger partial charge in [-0.1, -0.05) is 65.4 Å². The Hall–Kier alpha value is -0.436. The monoisotopic (exact) mass is 360 g/mol. The van der Waals surface area contributed by atoms with Gasteiger partial charge in [-0.15, -0.1) is 0 Å². The molecular weight excluding hydrogens is 324 g/mol. The van der Waals surface area contributed by atoms with Crippen molar-refractivity contribution in [1.82, 2.24) is 0 Å². The molecule has 0 rings (SSSR count). The summed E-state index contributed by atoms with van der Waals surface area (Å²) in [6.07, 6.45) is 8.65. The predicted molar refractivity (Wildman–Crippen MR) is 101 cm³/mol. The molecule has 0 saturated heterocycles. The smallest absolute Gasteiger partial charge is 0.470 e. The van der Waals surface area contributed by atoms with E-state index in [1.165, 1.54) is 38.5 Å². The van der Waals surface area contributed by atoms with Gasteiger partial charge >= 0.3 is 14.8 Å². The van der Waals surface area contributed by atoms with Crippen LogP contribution in [0, 0.1) is 0 Å². The fourth-order valence-electron chi connectivity index (χ4n) is 2.34. The van der Waals surface area contributed by atoms with Crippen molar-refractivity contribution in [3.63, 3.8) is 0 Å². The zero-order chi connectivity index (χ0) is 17.6. The predicted octanol–water partition coefficient (Wildman–Crippen LogP) is 4.37. The summed E-state index contributed by atoms with van der Waals surface area (Å²) in [4.78, 5) is 11.9. The molecule has 1 unspecified atom stereocenters. The van der Waals surface area contributed by atoms with Gasteiger partial charge in [-0.25, -0.2) is 4.79 Å². The highest BCUT2D eigenvalue weighted by atomic mass is 28.4. The number of rotatable bonds is 15. The zero-order valence-electron chi connectivity index (χ0n) is 15.6. The summed E-state index contributed by atoms with van der Waals surface area (Å²) < 4.78 is 17.6. The number of hydrogen-bond donors (Lipinski definition) is 0. The molecule has 0 saturated carbocycles. The second-order valence-electron chi connectivity index (χ2n) is 6.01. The van der Waals surface area contributed by atoms with Crippen LogP contribution >= 0.6 is 0 Å². The molecule has 23 heavy (non-hydrogen) atoms. The van der Waals surface area contributed by atoms with Crippen LogP contribution < -0.4 is 0 Å². The summed E-state index contributed by atoms with van der Waals surface area (Å²) in [7, 11) is -3.56. The highest BCUT2D eigenvalue weighted by Crippen LogP contribution is 2.20. The van der Waals surface area contributed by atoms with Gasteiger partial charge in [0.2, 0.25) is 0 Å². The van der Waals surface area contributed by atoms with E-state index in [1.54, 1.807) is 6.92 Å². The number of unbranched alkanes of at least 4 members (excludes halogenated alkanes) is 5. The van der Waals surface area contributed by atoms with Gasteiger partial charge < -0.3 is 13.0 Å². The Bertz CT molecular complexity index is 329. The molecule has 0 fully saturated rings. The van der Waals surface area contributed by atoms with Crippen LogP contribution in [0.2, 0.25) is 12.1 Å². The van der Waals surface area contributed by atoms with Crippen LogP contribution in [0.15, 0.2) is 12.2 Å². The Labute approximate surface area is 146 Å². The second-order valence-corrected chi connectivity index (χ2v) is 10.6. The highest BCUT2D eigenvalue weighted by Gasteiger charge is 2.43. The van der Waals surface area contributed by atoms with Crippen LogP contribution in [0.25, 0.3) is 0 Å². The molecule has 0 spiro atoms. The van der Waals surface area contributed by atoms with Crippen molar-refractivity contribution in [1.29, 1.82) is 0 Å². The molecule has 4 nitrogen and oxygen atoms in total. The summed E-state index contributed by atoms with van der Waals surface area (Å²) in [5, 5.41) is 0. The third-order valence-electron chi connectivity index (χ3n) is 3.59. The van der Waals surface area contributed by atoms with Gasteiger partial charge in [-0.3, -0.25) is 0 Å². The number of carbonyl (C=O) groups is 1. The molecule has 0 heterocycles. The van der Waals surface area contributed by atoms with Gasteiger partial charge in [0, 0.05) is 18.2 Å². The molecule has 136 valence electrons. The van der Waals surface area contributed by atoms with Gasteiger partial charge in [0.25, 0.3) is 0 Å². The highest BCUT2D eigenvalue weighted by molar-refractivity contribution is 6.67. The summed E-state index contributed by atoms with van der Waals surface area (Å²) in [6.45, 7) is 12.0. The molecule has 0 aromatic heterocycles. The first-order valence-electron chi connectivity index (χ1n) is 9.18. The Morgan fingerprint density at radius 1 is 1.04 bits per heavy atom. The van der Waals surface area contributed by atoms with E-state index in [-0.39, 0.29) is 5.97 Å². The Morgan fingerprint density at radius 2 is 1.70 bits per heavy atom. The standard InChI is InChI=1S/C17H36O4Si2/c1-6-9-10-11-12-13-14-22-21-23(15-7-2,19-8-3)20-17(18)16(4)5/h4,6-15,22H2,1-3,5H3. The van der Waals surface area contributed by atoms with Crippen molar-refractivity contribution in [3.05, 3.63) is 12.2 Å². The van der Waals surface area contributed by atoms with Gasteiger partial charge in [-0.05, 0) is 19.9 Å². The quantitative estimate of drug-likeness (QED) is 0.247. The normalized spacial score (nSPS) is 14.1. The van der Waals surface area contributed by atoms with Crippen molar-refractivity contribution in [3.8, 4) is 0 Å². The lowest BCUT2D eigenvalue weighted by Crippen LogP contribution is -2.48. The molecule has 0 aromatic rings. The lowest BCUT2D eigenvalue weighted by molar-refractivity contribution is -0.134. The molecule has 0 amide bonds. The largest absolute Gasteiger partial charge is 0.557 e. The van der Waals surface area contributed by atoms with Crippen LogP contribution in [0.3, 0.4) is 0 Å². The van der Waals surface area contributed by atoms with E-state index >= 15 is 0 Å². The van der Waals surface area contributed by atoms with Crippen molar-refractivity contribution in [2.45, 2.75) is 84.7 Å². The van der Waals surface area contributed by atoms with E-state index in [4.69, 9.17) is 13.0 Å². The summed E-state index contributed by atoms with van der Waals surface area (Å²) in [6, 6.07) is 1.83. The Balaban J connectivity index is 4.29. The third-order valence-corrected chi connectivity index (χ3v) is 9.29. The average molecular weight is 361 g/mol. The average Bonchev–Trinajstić information content (AvgIpc) is 2.50. The van der Waals surface area contributed by atoms with E-state index in [0.29, 0.717) is 18.2 Å². The fraction of sp³-hybridized carbons (Fsp3) is 0.824. The second kappa shape index (κ2) is 14.0. The molecule has 0 aliphatic rings. The fourth-order valence-corrected chi connectivity index (χ4v) is 7.68. The first-order chi connectivity index (χ1) is 11.0. The molecule has 0 aliphatic carbocycles. The topological polar surface area (TPSA) is 44.8 Å². The molecule has 6 heteroatoms. The summed E-state index contributed by atoms with van der Waals surface area (Å²) in [5.41, 5.74) is 0.402. The van der Waals surface area contributed by atoms with Crippen LogP contribution in [0.5, 0.6) is 0 Å². The minimum atomic E-state index is -2.85. The molecular formula is C17H36O4Si2. The van der Waals surface area contributed by atoms with Crippen LogP contribution in [0.1, 0.15) is 72.6 Å². The minimum absolute atomic E-state index is 0.382. The maximum absolute atomic E-state index is 11.9. The SMILES string of the molecule is C=C(C)C(=O)O[Si](CCC)(OCC)O[SiH2]CCCCCCCC. The van der Waals surface area contributed by atoms with Gasteiger partial charge in [0.05, 0.1) is 0 Å². The van der Waals surface area contributed by atoms with Gasteiger partial charge in [-0.2, -0.15) is 0 Å². The lowest BCUT2D eigenvalue weighted by Gasteiger charge is -2.29. The Morgan fingerprint density at radius 3 is 2.26 bits per heavy atom. The van der Waals surface area contributed by atoms with Crippen LogP contribution in [0.4, 0.5) is 0 Å². The van der Waals surface area contributed by atoms with E-state index in [9.17, 15) is 4.79 Å². The Kier molecular flexibility index (Phi) is 13.7. The molecule has 0 N–H and O–H groups in total. The van der Waals surface area contributed by atoms with Crippen molar-refractivity contribution in [2.75, 3.05) is 6.61 Å². The molecule has 0 aromatic carbocycles. The first-order valence-corrected chi connectivity index (χ1v) is 12.7. The minimum Gasteiger partial charge on any atom is -0.470 e. The van der Waals surface area contributed by atoms with Crippen molar-refractivity contribution in [2.24, 2.45) is 0 Å². The molecule has 0 bridgehead atoms. The first kappa shape index (κ1) is 22.6. The molecule has 0 radical (unpaired) electrons. The summed E-state index contributed by atoms with van der Waals surface area (Å²) in [5.74, 6) is -0.382. The van der Waals surface area contributed by atoms with Gasteiger partial charge in [0.1, 0.15) is 0 Å². The van der Waals surface area contributed by atoms with Crippen molar-refractivity contribution >= 4 is 24.5 Å². The van der Waals surface area contributed by atoms with Crippen LogP contribution in [-0.4, -0.2) is 31.1 Å². The third kappa shape index (κ3) is 10.9. The van der Waals surface area contributed by atoms with E-state index in [1.807, 2.05) is 6.92 Å². The zero-order valence-corrected chi connectivity index (χ0v) is 18.0. The number of carbonyl (C=O) groups excluding carboxylic acids is 1. The van der Waals surface area contributed by atoms with E-state index < -0.39 is 18.6 Å². The van der Waals surface area contributed by atoms with Crippen molar-refractivity contribution < 1.29 is 17.8 Å². The molecule has 1 atom stereocenters. The summed E-state index contributed by atoms with van der Waals surface area (Å²) >= 11 is 0. The van der Waals surface area contributed by atoms with E-state index in [0.717, 1.165) is 12.5 Å². The maximum atomic E-state index is 11.9. The lowest BCUT2D eigenvalue weighted by atomic mass is 10.1.